The van der Waals surface area contributed by atoms with E-state index in [1.54, 1.807) is 0 Å². The third kappa shape index (κ3) is 3.12. The molecule has 0 saturated carbocycles. The first-order chi connectivity index (χ1) is 7.56. The van der Waals surface area contributed by atoms with E-state index in [0.717, 1.165) is 11.3 Å². The predicted molar refractivity (Wildman–Crippen MR) is 64.5 cm³/mol. The van der Waals surface area contributed by atoms with Crippen LogP contribution in [0.4, 0.5) is 5.69 Å². The molecule has 0 spiro atoms. The number of rotatable bonds is 4. The molecular weight excluding hydrogens is 228 g/mol. The van der Waals surface area contributed by atoms with Crippen LogP contribution in [0.3, 0.4) is 0 Å². The van der Waals surface area contributed by atoms with Crippen LogP contribution >= 0.6 is 11.6 Å². The largest absolute Gasteiger partial charge is 0.378 e. The summed E-state index contributed by atoms with van der Waals surface area (Å²) in [4.78, 5) is 17.9. The van der Waals surface area contributed by atoms with Crippen LogP contribution < -0.4 is 10.4 Å². The zero-order valence-corrected chi connectivity index (χ0v) is 10.3. The van der Waals surface area contributed by atoms with Crippen LogP contribution in [0.5, 0.6) is 0 Å². The Morgan fingerprint density at radius 2 is 1.94 bits per heavy atom. The van der Waals surface area contributed by atoms with E-state index in [0.29, 0.717) is 0 Å². The molecule has 1 N–H and O–H groups in total. The summed E-state index contributed by atoms with van der Waals surface area (Å²) in [6.45, 7) is 0. The van der Waals surface area contributed by atoms with Crippen LogP contribution in [0.25, 0.3) is 0 Å². The Balaban J connectivity index is 2.77. The summed E-state index contributed by atoms with van der Waals surface area (Å²) in [5, 5.41) is -0.740. The number of hydrogen-bond donors (Lipinski definition) is 1. The van der Waals surface area contributed by atoms with Gasteiger partial charge in [0.2, 0.25) is 0 Å². The summed E-state index contributed by atoms with van der Waals surface area (Å²) in [7, 11) is 5.27. The lowest BCUT2D eigenvalue weighted by molar-refractivity contribution is -0.131. The molecule has 88 valence electrons. The highest BCUT2D eigenvalue weighted by atomic mass is 35.5. The molecule has 0 fully saturated rings. The van der Waals surface area contributed by atoms with Crippen LogP contribution in [0.2, 0.25) is 0 Å². The SMILES string of the molecule is CONC(=O)C(Cl)c1ccc(N(C)C)cc1. The molecule has 0 aliphatic carbocycles. The van der Waals surface area contributed by atoms with Gasteiger partial charge in [-0.3, -0.25) is 9.63 Å². The second-order valence-corrected chi connectivity index (χ2v) is 3.96. The number of alkyl halides is 1. The maximum Gasteiger partial charge on any atom is 0.266 e. The van der Waals surface area contributed by atoms with E-state index >= 15 is 0 Å². The second kappa shape index (κ2) is 5.72. The van der Waals surface area contributed by atoms with Crippen molar-refractivity contribution in [3.8, 4) is 0 Å². The van der Waals surface area contributed by atoms with Gasteiger partial charge in [0.1, 0.15) is 5.38 Å². The van der Waals surface area contributed by atoms with Crippen molar-refractivity contribution < 1.29 is 9.63 Å². The molecule has 5 heteroatoms. The van der Waals surface area contributed by atoms with Crippen molar-refractivity contribution in [2.24, 2.45) is 0 Å². The van der Waals surface area contributed by atoms with Gasteiger partial charge in [0.15, 0.2) is 0 Å². The van der Waals surface area contributed by atoms with Gasteiger partial charge in [0.25, 0.3) is 5.91 Å². The molecule has 1 atom stereocenters. The lowest BCUT2D eigenvalue weighted by Crippen LogP contribution is -2.25. The highest BCUT2D eigenvalue weighted by Crippen LogP contribution is 2.23. The Morgan fingerprint density at radius 3 is 2.38 bits per heavy atom. The van der Waals surface area contributed by atoms with Crippen LogP contribution in [0.15, 0.2) is 24.3 Å². The summed E-state index contributed by atoms with van der Waals surface area (Å²) in [5.74, 6) is -0.373. The Labute approximate surface area is 100 Å². The Bertz CT molecular complexity index is 352. The molecule has 1 rings (SSSR count). The quantitative estimate of drug-likeness (QED) is 0.646. The van der Waals surface area contributed by atoms with Crippen LogP contribution in [-0.4, -0.2) is 27.1 Å². The van der Waals surface area contributed by atoms with Gasteiger partial charge >= 0.3 is 0 Å². The van der Waals surface area contributed by atoms with Crippen molar-refractivity contribution in [3.63, 3.8) is 0 Å². The standard InChI is InChI=1S/C11H15ClN2O2/c1-14(2)9-6-4-8(5-7-9)10(12)11(15)13-16-3/h4-7,10H,1-3H3,(H,13,15). The first-order valence-corrected chi connectivity index (χ1v) is 5.24. The van der Waals surface area contributed by atoms with Crippen LogP contribution in [0.1, 0.15) is 10.9 Å². The topological polar surface area (TPSA) is 41.6 Å². The van der Waals surface area contributed by atoms with Crippen molar-refractivity contribution in [3.05, 3.63) is 29.8 Å². The number of nitrogens with one attached hydrogen (secondary N) is 1. The number of benzene rings is 1. The zero-order valence-electron chi connectivity index (χ0n) is 9.53. The molecule has 1 aromatic carbocycles. The fraction of sp³-hybridized carbons (Fsp3) is 0.364. The van der Waals surface area contributed by atoms with E-state index in [4.69, 9.17) is 11.6 Å². The maximum absolute atomic E-state index is 11.4. The van der Waals surface area contributed by atoms with Gasteiger partial charge in [-0.15, -0.1) is 11.6 Å². The normalized spacial score (nSPS) is 12.0. The van der Waals surface area contributed by atoms with E-state index in [2.05, 4.69) is 10.3 Å². The zero-order chi connectivity index (χ0) is 12.1. The average Bonchev–Trinajstić information content (AvgIpc) is 2.28. The number of hydroxylamine groups is 1. The summed E-state index contributed by atoms with van der Waals surface area (Å²) >= 11 is 5.96. The van der Waals surface area contributed by atoms with E-state index in [1.807, 2.05) is 43.3 Å². The third-order valence-corrected chi connectivity index (χ3v) is 2.59. The number of carbonyl (C=O) groups excluding carboxylic acids is 1. The van der Waals surface area contributed by atoms with Gasteiger partial charge < -0.3 is 4.90 Å². The number of hydrogen-bond acceptors (Lipinski definition) is 3. The Kier molecular flexibility index (Phi) is 4.58. The molecule has 0 aliphatic rings. The fourth-order valence-corrected chi connectivity index (χ4v) is 1.44. The van der Waals surface area contributed by atoms with Gasteiger partial charge in [-0.1, -0.05) is 12.1 Å². The highest BCUT2D eigenvalue weighted by Gasteiger charge is 2.17. The molecule has 0 bridgehead atoms. The predicted octanol–water partition coefficient (Wildman–Crippen LogP) is 1.71. The van der Waals surface area contributed by atoms with Crippen LogP contribution in [0, 0.1) is 0 Å². The first-order valence-electron chi connectivity index (χ1n) is 4.80. The van der Waals surface area contributed by atoms with Gasteiger partial charge in [0, 0.05) is 19.8 Å². The summed E-state index contributed by atoms with van der Waals surface area (Å²) in [6, 6.07) is 7.46. The summed E-state index contributed by atoms with van der Waals surface area (Å²) < 4.78 is 0. The van der Waals surface area contributed by atoms with Crippen LogP contribution in [-0.2, 0) is 9.63 Å². The molecule has 0 aliphatic heterocycles. The van der Waals surface area contributed by atoms with Gasteiger partial charge in [0.05, 0.1) is 7.11 Å². The monoisotopic (exact) mass is 242 g/mol. The molecular formula is C11H15ClN2O2. The van der Waals surface area contributed by atoms with E-state index in [9.17, 15) is 4.79 Å². The minimum absolute atomic E-state index is 0.373. The number of carbonyl (C=O) groups is 1. The smallest absolute Gasteiger partial charge is 0.266 e. The van der Waals surface area contributed by atoms with Crippen molar-refractivity contribution in [2.75, 3.05) is 26.1 Å². The molecule has 1 aromatic rings. The van der Waals surface area contributed by atoms with E-state index < -0.39 is 5.38 Å². The molecule has 4 nitrogen and oxygen atoms in total. The fourth-order valence-electron chi connectivity index (χ4n) is 1.25. The average molecular weight is 243 g/mol. The van der Waals surface area contributed by atoms with E-state index in [-0.39, 0.29) is 5.91 Å². The van der Waals surface area contributed by atoms with Gasteiger partial charge in [-0.05, 0) is 17.7 Å². The van der Waals surface area contributed by atoms with Gasteiger partial charge in [-0.2, -0.15) is 0 Å². The Morgan fingerprint density at radius 1 is 1.38 bits per heavy atom. The van der Waals surface area contributed by atoms with Crippen molar-refractivity contribution in [1.82, 2.24) is 5.48 Å². The van der Waals surface area contributed by atoms with Gasteiger partial charge in [-0.25, -0.2) is 5.48 Å². The molecule has 0 aromatic heterocycles. The molecule has 16 heavy (non-hydrogen) atoms. The number of anilines is 1. The number of amides is 1. The molecule has 0 radical (unpaired) electrons. The second-order valence-electron chi connectivity index (χ2n) is 3.52. The van der Waals surface area contributed by atoms with Crippen molar-refractivity contribution in [1.29, 1.82) is 0 Å². The lowest BCUT2D eigenvalue weighted by atomic mass is 10.1. The molecule has 0 heterocycles. The van der Waals surface area contributed by atoms with Crippen molar-refractivity contribution in [2.45, 2.75) is 5.38 Å². The first kappa shape index (κ1) is 12.8. The number of nitrogens with zero attached hydrogens (tertiary/aromatic N) is 1. The third-order valence-electron chi connectivity index (χ3n) is 2.13. The summed E-state index contributed by atoms with van der Waals surface area (Å²) in [5.41, 5.74) is 3.99. The molecule has 0 saturated heterocycles. The maximum atomic E-state index is 11.4. The summed E-state index contributed by atoms with van der Waals surface area (Å²) in [6.07, 6.45) is 0. The van der Waals surface area contributed by atoms with Crippen molar-refractivity contribution >= 4 is 23.2 Å². The molecule has 1 amide bonds. The number of halogens is 1. The minimum atomic E-state index is -0.740. The lowest BCUT2D eigenvalue weighted by Gasteiger charge is -2.14. The Hall–Kier alpha value is -1.26. The highest BCUT2D eigenvalue weighted by molar-refractivity contribution is 6.30. The van der Waals surface area contributed by atoms with E-state index in [1.165, 1.54) is 7.11 Å². The molecule has 1 unspecified atom stereocenters. The minimum Gasteiger partial charge on any atom is -0.378 e.